The lowest BCUT2D eigenvalue weighted by Crippen LogP contribution is -2.36. The number of aryl methyl sites for hydroxylation is 1. The quantitative estimate of drug-likeness (QED) is 0.793. The molecule has 1 heterocycles. The van der Waals surface area contributed by atoms with E-state index >= 15 is 0 Å². The molecule has 1 unspecified atom stereocenters. The summed E-state index contributed by atoms with van der Waals surface area (Å²) in [5.41, 5.74) is 2.57. The van der Waals surface area contributed by atoms with E-state index in [1.807, 2.05) is 10.7 Å². The molecule has 1 aromatic carbocycles. The normalized spacial score (nSPS) is 21.6. The van der Waals surface area contributed by atoms with Crippen LogP contribution in [0.5, 0.6) is 0 Å². The molecule has 112 valence electrons. The molecule has 1 aliphatic rings. The Morgan fingerprint density at radius 3 is 2.76 bits per heavy atom. The molecule has 1 aromatic heterocycles. The van der Waals surface area contributed by atoms with Gasteiger partial charge in [0, 0.05) is 16.9 Å². The highest BCUT2D eigenvalue weighted by Gasteiger charge is 2.38. The fraction of sp³-hybridized carbons (Fsp3) is 0.438. The maximum Gasteiger partial charge on any atom is 0.112 e. The van der Waals surface area contributed by atoms with Crippen molar-refractivity contribution in [2.75, 3.05) is 0 Å². The van der Waals surface area contributed by atoms with E-state index in [0.29, 0.717) is 12.8 Å². The molecular weight excluding hydrogens is 396 g/mol. The van der Waals surface area contributed by atoms with Crippen molar-refractivity contribution in [1.82, 2.24) is 9.78 Å². The van der Waals surface area contributed by atoms with Crippen molar-refractivity contribution in [1.29, 1.82) is 0 Å². The lowest BCUT2D eigenvalue weighted by atomic mass is 9.78. The second kappa shape index (κ2) is 5.52. The first-order valence-electron chi connectivity index (χ1n) is 7.14. The van der Waals surface area contributed by atoms with Crippen molar-refractivity contribution in [3.63, 3.8) is 0 Å². The highest BCUT2D eigenvalue weighted by atomic mass is 79.9. The lowest BCUT2D eigenvalue weighted by Gasteiger charge is -2.35. The van der Waals surface area contributed by atoms with E-state index in [4.69, 9.17) is 0 Å². The number of benzene rings is 1. The van der Waals surface area contributed by atoms with Gasteiger partial charge in [-0.15, -0.1) is 0 Å². The topological polar surface area (TPSA) is 38.0 Å². The summed E-state index contributed by atoms with van der Waals surface area (Å²) in [5.74, 6) is 0. The number of aliphatic hydroxyl groups is 1. The van der Waals surface area contributed by atoms with Gasteiger partial charge in [-0.25, -0.2) is 0 Å². The van der Waals surface area contributed by atoms with Gasteiger partial charge in [-0.05, 0) is 65.9 Å². The van der Waals surface area contributed by atoms with Gasteiger partial charge in [-0.2, -0.15) is 5.10 Å². The van der Waals surface area contributed by atoms with Gasteiger partial charge in [0.25, 0.3) is 0 Å². The molecule has 21 heavy (non-hydrogen) atoms. The summed E-state index contributed by atoms with van der Waals surface area (Å²) >= 11 is 7.07. The number of hydrogen-bond acceptors (Lipinski definition) is 2. The number of fused-ring (bicyclic) bond motifs is 1. The Labute approximate surface area is 141 Å². The number of aromatic nitrogens is 2. The second-order valence-corrected chi connectivity index (χ2v) is 7.77. The molecule has 3 rings (SSSR count). The minimum Gasteiger partial charge on any atom is -0.383 e. The van der Waals surface area contributed by atoms with Crippen LogP contribution in [0, 0.1) is 0 Å². The van der Waals surface area contributed by atoms with Gasteiger partial charge in [0.15, 0.2) is 0 Å². The van der Waals surface area contributed by atoms with E-state index in [-0.39, 0.29) is 6.04 Å². The number of rotatable bonds is 2. The summed E-state index contributed by atoms with van der Waals surface area (Å²) in [6, 6.07) is 6.53. The molecule has 5 heteroatoms. The van der Waals surface area contributed by atoms with Crippen LogP contribution < -0.4 is 0 Å². The van der Waals surface area contributed by atoms with Crippen molar-refractivity contribution in [3.05, 3.63) is 50.2 Å². The van der Waals surface area contributed by atoms with Crippen LogP contribution >= 0.6 is 31.9 Å². The smallest absolute Gasteiger partial charge is 0.112 e. The molecule has 1 aliphatic carbocycles. The minimum atomic E-state index is -0.861. The summed E-state index contributed by atoms with van der Waals surface area (Å²) in [6.07, 6.45) is 4.01. The Morgan fingerprint density at radius 1 is 1.29 bits per heavy atom. The standard InChI is InChI=1S/C16H18Br2N2O/c1-10(2)20-15(14(18)9-19-20)16(21)6-5-11-7-13(17)4-3-12(11)8-16/h3-4,7,9-10,21H,5-6,8H2,1-2H3. The van der Waals surface area contributed by atoms with E-state index in [1.165, 1.54) is 11.1 Å². The molecular formula is C16H18Br2N2O. The molecule has 2 aromatic rings. The van der Waals surface area contributed by atoms with Gasteiger partial charge in [0.1, 0.15) is 5.60 Å². The third-order valence-electron chi connectivity index (χ3n) is 4.14. The highest BCUT2D eigenvalue weighted by molar-refractivity contribution is 9.10. The average Bonchev–Trinajstić information content (AvgIpc) is 2.82. The molecule has 3 nitrogen and oxygen atoms in total. The van der Waals surface area contributed by atoms with Gasteiger partial charge in [-0.3, -0.25) is 4.68 Å². The monoisotopic (exact) mass is 412 g/mol. The Balaban J connectivity index is 2.04. The highest BCUT2D eigenvalue weighted by Crippen LogP contribution is 2.40. The van der Waals surface area contributed by atoms with Gasteiger partial charge >= 0.3 is 0 Å². The van der Waals surface area contributed by atoms with E-state index in [2.05, 4.69) is 62.9 Å². The number of nitrogens with zero attached hydrogens (tertiary/aromatic N) is 2. The van der Waals surface area contributed by atoms with Crippen LogP contribution in [0.1, 0.15) is 43.1 Å². The maximum atomic E-state index is 11.3. The molecule has 1 atom stereocenters. The molecule has 1 N–H and O–H groups in total. The fourth-order valence-electron chi connectivity index (χ4n) is 3.11. The molecule has 0 spiro atoms. The van der Waals surface area contributed by atoms with Crippen LogP contribution in [0.15, 0.2) is 33.3 Å². The first-order valence-corrected chi connectivity index (χ1v) is 8.72. The Morgan fingerprint density at radius 2 is 2.05 bits per heavy atom. The molecule has 0 amide bonds. The zero-order valence-corrected chi connectivity index (χ0v) is 15.3. The van der Waals surface area contributed by atoms with E-state index in [1.54, 1.807) is 6.20 Å². The summed E-state index contributed by atoms with van der Waals surface area (Å²) < 4.78 is 3.91. The second-order valence-electron chi connectivity index (χ2n) is 6.00. The fourth-order valence-corrected chi connectivity index (χ4v) is 4.17. The summed E-state index contributed by atoms with van der Waals surface area (Å²) in [4.78, 5) is 0. The predicted molar refractivity (Wildman–Crippen MR) is 90.4 cm³/mol. The van der Waals surface area contributed by atoms with Gasteiger partial charge < -0.3 is 5.11 Å². The first kappa shape index (κ1) is 15.3. The van der Waals surface area contributed by atoms with E-state index < -0.39 is 5.60 Å². The Hall–Kier alpha value is -0.650. The van der Waals surface area contributed by atoms with Crippen molar-refractivity contribution < 1.29 is 5.11 Å². The third-order valence-corrected chi connectivity index (χ3v) is 5.21. The van der Waals surface area contributed by atoms with Crippen LogP contribution in [-0.2, 0) is 18.4 Å². The number of hydrogen-bond donors (Lipinski definition) is 1. The van der Waals surface area contributed by atoms with Gasteiger partial charge in [-0.1, -0.05) is 22.0 Å². The van der Waals surface area contributed by atoms with Crippen LogP contribution in [0.4, 0.5) is 0 Å². The van der Waals surface area contributed by atoms with E-state index in [0.717, 1.165) is 21.1 Å². The predicted octanol–water partition coefficient (Wildman–Crippen LogP) is 4.37. The molecule has 0 saturated heterocycles. The molecule has 0 radical (unpaired) electrons. The third kappa shape index (κ3) is 2.71. The average molecular weight is 414 g/mol. The Bertz CT molecular complexity index is 681. The molecule has 0 bridgehead atoms. The van der Waals surface area contributed by atoms with Crippen molar-refractivity contribution in [3.8, 4) is 0 Å². The molecule has 0 saturated carbocycles. The molecule has 0 fully saturated rings. The van der Waals surface area contributed by atoms with Gasteiger partial charge in [0.2, 0.25) is 0 Å². The van der Waals surface area contributed by atoms with Crippen LogP contribution in [0.3, 0.4) is 0 Å². The van der Waals surface area contributed by atoms with E-state index in [9.17, 15) is 5.11 Å². The van der Waals surface area contributed by atoms with Crippen LogP contribution in [0.2, 0.25) is 0 Å². The van der Waals surface area contributed by atoms with Crippen LogP contribution in [0.25, 0.3) is 0 Å². The summed E-state index contributed by atoms with van der Waals surface area (Å²) in [5, 5.41) is 15.7. The zero-order chi connectivity index (χ0) is 15.2. The SMILES string of the molecule is CC(C)n1ncc(Br)c1C1(O)CCc2cc(Br)ccc2C1. The van der Waals surface area contributed by atoms with Crippen molar-refractivity contribution in [2.45, 2.75) is 44.8 Å². The number of halogens is 2. The van der Waals surface area contributed by atoms with Crippen molar-refractivity contribution >= 4 is 31.9 Å². The lowest BCUT2D eigenvalue weighted by molar-refractivity contribution is 0.0116. The van der Waals surface area contributed by atoms with Gasteiger partial charge in [0.05, 0.1) is 16.4 Å². The van der Waals surface area contributed by atoms with Crippen LogP contribution in [-0.4, -0.2) is 14.9 Å². The molecule has 0 aliphatic heterocycles. The zero-order valence-electron chi connectivity index (χ0n) is 12.1. The van der Waals surface area contributed by atoms with Crippen molar-refractivity contribution in [2.24, 2.45) is 0 Å². The Kier molecular flexibility index (Phi) is 4.01. The largest absolute Gasteiger partial charge is 0.383 e. The maximum absolute atomic E-state index is 11.3. The summed E-state index contributed by atoms with van der Waals surface area (Å²) in [6.45, 7) is 4.17. The first-order chi connectivity index (χ1) is 9.90. The summed E-state index contributed by atoms with van der Waals surface area (Å²) in [7, 11) is 0. The minimum absolute atomic E-state index is 0.224.